The van der Waals surface area contributed by atoms with E-state index in [9.17, 15) is 0 Å². The molecule has 1 atom stereocenters. The van der Waals surface area contributed by atoms with Gasteiger partial charge in [0.25, 0.3) is 0 Å². The van der Waals surface area contributed by atoms with Crippen LogP contribution in [0.15, 0.2) is 37.0 Å². The molecule has 1 aliphatic heterocycles. The number of hydrogen-bond donors (Lipinski definition) is 0. The molecule has 0 spiro atoms. The van der Waals surface area contributed by atoms with Crippen molar-refractivity contribution in [2.75, 3.05) is 46.5 Å². The van der Waals surface area contributed by atoms with E-state index in [2.05, 4.69) is 76.3 Å². The Balaban J connectivity index is 2.22. The molecule has 0 radical (unpaired) electrons. The third-order valence-electron chi connectivity index (χ3n) is 6.78. The molecule has 0 N–H and O–H groups in total. The molecule has 0 amide bonds. The first-order chi connectivity index (χ1) is 13.9. The summed E-state index contributed by atoms with van der Waals surface area (Å²) in [5.41, 5.74) is 1.32. The minimum absolute atomic E-state index is 0.118. The van der Waals surface area contributed by atoms with Crippen molar-refractivity contribution >= 4 is 19.9 Å². The van der Waals surface area contributed by atoms with Gasteiger partial charge in [0.2, 0.25) is 0 Å². The van der Waals surface area contributed by atoms with Crippen molar-refractivity contribution in [1.29, 1.82) is 0 Å². The molecule has 0 aliphatic carbocycles. The molecule has 2 rings (SSSR count). The fraction of sp³-hybridized carbons (Fsp3) is 0.667. The van der Waals surface area contributed by atoms with Gasteiger partial charge in [0.1, 0.15) is 0 Å². The fourth-order valence-electron chi connectivity index (χ4n) is 3.69. The zero-order valence-electron chi connectivity index (χ0n) is 20.0. The Labute approximate surface area is 190 Å². The van der Waals surface area contributed by atoms with Gasteiger partial charge in [0, 0.05) is 30.1 Å². The van der Waals surface area contributed by atoms with Crippen LogP contribution in [0.1, 0.15) is 39.3 Å². The summed E-state index contributed by atoms with van der Waals surface area (Å²) in [6, 6.07) is 8.34. The summed E-state index contributed by atoms with van der Waals surface area (Å²) in [7, 11) is 0.343. The zero-order chi connectivity index (χ0) is 22.6. The van der Waals surface area contributed by atoms with Gasteiger partial charge in [0.15, 0.2) is 8.32 Å². The van der Waals surface area contributed by atoms with E-state index in [-0.39, 0.29) is 16.5 Å². The average Bonchev–Trinajstić information content (AvgIpc) is 2.63. The maximum atomic E-state index is 6.66. The van der Waals surface area contributed by atoms with Gasteiger partial charge in [-0.2, -0.15) is 0 Å². The van der Waals surface area contributed by atoms with Crippen molar-refractivity contribution < 1.29 is 9.16 Å². The second kappa shape index (κ2) is 10.2. The van der Waals surface area contributed by atoms with Crippen LogP contribution in [0.25, 0.3) is 0 Å². The SMILES string of the molecule is C=CN(CC)CC1(CN(C)[C@H](CO[Si](C)(C)C(C)(C)C)c2cccc(Cl)c2)COC1. The van der Waals surface area contributed by atoms with Gasteiger partial charge >= 0.3 is 0 Å². The molecule has 0 unspecified atom stereocenters. The largest absolute Gasteiger partial charge is 0.415 e. The molecular formula is C24H41ClN2O2Si. The van der Waals surface area contributed by atoms with Crippen LogP contribution in [0.5, 0.6) is 0 Å². The highest BCUT2D eigenvalue weighted by atomic mass is 35.5. The van der Waals surface area contributed by atoms with E-state index >= 15 is 0 Å². The van der Waals surface area contributed by atoms with E-state index < -0.39 is 8.32 Å². The third kappa shape index (κ3) is 6.33. The Morgan fingerprint density at radius 2 is 1.97 bits per heavy atom. The highest BCUT2D eigenvalue weighted by Gasteiger charge is 2.42. The van der Waals surface area contributed by atoms with Gasteiger partial charge in [-0.1, -0.05) is 51.1 Å². The van der Waals surface area contributed by atoms with Crippen LogP contribution in [-0.2, 0) is 9.16 Å². The number of likely N-dealkylation sites (N-methyl/N-ethyl adjacent to an activating group) is 1. The monoisotopic (exact) mass is 452 g/mol. The van der Waals surface area contributed by atoms with Crippen LogP contribution in [0.3, 0.4) is 0 Å². The molecule has 0 bridgehead atoms. The van der Waals surface area contributed by atoms with Crippen molar-refractivity contribution in [1.82, 2.24) is 9.80 Å². The number of ether oxygens (including phenoxy) is 1. The lowest BCUT2D eigenvalue weighted by Gasteiger charge is -2.48. The second-order valence-corrected chi connectivity index (χ2v) is 15.5. The average molecular weight is 453 g/mol. The predicted octanol–water partition coefficient (Wildman–Crippen LogP) is 5.82. The number of halogens is 1. The summed E-state index contributed by atoms with van der Waals surface area (Å²) in [6.45, 7) is 22.7. The van der Waals surface area contributed by atoms with Crippen LogP contribution >= 0.6 is 11.6 Å². The lowest BCUT2D eigenvalue weighted by atomic mass is 9.84. The van der Waals surface area contributed by atoms with Gasteiger partial charge in [-0.3, -0.25) is 4.90 Å². The molecular weight excluding hydrogens is 412 g/mol. The minimum atomic E-state index is -1.86. The number of benzene rings is 1. The molecule has 4 nitrogen and oxygen atoms in total. The Morgan fingerprint density at radius 1 is 1.30 bits per heavy atom. The smallest absolute Gasteiger partial charge is 0.192 e. The first-order valence-electron chi connectivity index (χ1n) is 11.0. The predicted molar refractivity (Wildman–Crippen MR) is 131 cm³/mol. The van der Waals surface area contributed by atoms with Crippen LogP contribution < -0.4 is 0 Å². The van der Waals surface area contributed by atoms with Crippen LogP contribution in [0, 0.1) is 5.41 Å². The first-order valence-corrected chi connectivity index (χ1v) is 14.3. The number of nitrogens with zero attached hydrogens (tertiary/aromatic N) is 2. The summed E-state index contributed by atoms with van der Waals surface area (Å²) < 4.78 is 12.3. The van der Waals surface area contributed by atoms with Crippen LogP contribution in [0.2, 0.25) is 23.2 Å². The maximum Gasteiger partial charge on any atom is 0.192 e. The molecule has 1 fully saturated rings. The summed E-state index contributed by atoms with van der Waals surface area (Å²) in [6.07, 6.45) is 1.94. The lowest BCUT2D eigenvalue weighted by Crippen LogP contribution is -2.56. The van der Waals surface area contributed by atoms with Gasteiger partial charge < -0.3 is 14.1 Å². The summed E-state index contributed by atoms with van der Waals surface area (Å²) in [5, 5.41) is 0.947. The minimum Gasteiger partial charge on any atom is -0.415 e. The topological polar surface area (TPSA) is 24.9 Å². The van der Waals surface area contributed by atoms with E-state index in [0.717, 1.165) is 37.9 Å². The Bertz CT molecular complexity index is 701. The molecule has 1 saturated heterocycles. The van der Waals surface area contributed by atoms with E-state index in [1.807, 2.05) is 18.3 Å². The standard InChI is InChI=1S/C24H41ClN2O2Si/c1-9-27(10-2)17-24(18-28-19-24)16-26(6)22(20-12-11-13-21(25)14-20)15-29-30(7,8)23(3,4)5/h9,11-14,22H,1,10,15-19H2,2-8H3/t22-/m1/s1. The van der Waals surface area contributed by atoms with Gasteiger partial charge in [-0.25, -0.2) is 0 Å². The van der Waals surface area contributed by atoms with Crippen molar-refractivity contribution in [3.8, 4) is 0 Å². The van der Waals surface area contributed by atoms with Crippen molar-refractivity contribution in [3.05, 3.63) is 47.6 Å². The number of hydrogen-bond acceptors (Lipinski definition) is 4. The first kappa shape index (κ1) is 25.4. The molecule has 1 aliphatic rings. The van der Waals surface area contributed by atoms with Crippen molar-refractivity contribution in [3.63, 3.8) is 0 Å². The molecule has 1 aromatic rings. The van der Waals surface area contributed by atoms with E-state index in [1.165, 1.54) is 5.56 Å². The molecule has 30 heavy (non-hydrogen) atoms. The fourth-order valence-corrected chi connectivity index (χ4v) is 4.90. The van der Waals surface area contributed by atoms with Crippen molar-refractivity contribution in [2.45, 2.75) is 51.9 Å². The lowest BCUT2D eigenvalue weighted by molar-refractivity contribution is -0.136. The van der Waals surface area contributed by atoms with Gasteiger partial charge in [-0.05, 0) is 56.0 Å². The van der Waals surface area contributed by atoms with Crippen LogP contribution in [0.4, 0.5) is 0 Å². The molecule has 1 aromatic carbocycles. The third-order valence-corrected chi connectivity index (χ3v) is 11.5. The molecule has 6 heteroatoms. The Hall–Kier alpha value is -0.853. The highest BCUT2D eigenvalue weighted by molar-refractivity contribution is 6.74. The zero-order valence-corrected chi connectivity index (χ0v) is 21.8. The Morgan fingerprint density at radius 3 is 2.43 bits per heavy atom. The van der Waals surface area contributed by atoms with E-state index in [4.69, 9.17) is 20.8 Å². The van der Waals surface area contributed by atoms with Crippen LogP contribution in [-0.4, -0.2) is 64.6 Å². The molecule has 0 saturated carbocycles. The van der Waals surface area contributed by atoms with Crippen molar-refractivity contribution in [2.24, 2.45) is 5.41 Å². The summed E-state index contributed by atoms with van der Waals surface area (Å²) in [5.74, 6) is 0. The normalized spacial score (nSPS) is 17.5. The highest BCUT2D eigenvalue weighted by Crippen LogP contribution is 2.38. The summed E-state index contributed by atoms with van der Waals surface area (Å²) >= 11 is 6.35. The molecule has 0 aromatic heterocycles. The maximum absolute atomic E-state index is 6.66. The quantitative estimate of drug-likeness (QED) is 0.395. The molecule has 170 valence electrons. The van der Waals surface area contributed by atoms with E-state index in [0.29, 0.717) is 6.61 Å². The molecule has 1 heterocycles. The van der Waals surface area contributed by atoms with Gasteiger partial charge in [-0.15, -0.1) is 0 Å². The summed E-state index contributed by atoms with van der Waals surface area (Å²) in [4.78, 5) is 4.70. The van der Waals surface area contributed by atoms with E-state index in [1.54, 1.807) is 0 Å². The van der Waals surface area contributed by atoms with Gasteiger partial charge in [0.05, 0.1) is 25.9 Å². The second-order valence-electron chi connectivity index (χ2n) is 10.3. The number of rotatable bonds is 11. The Kier molecular flexibility index (Phi) is 8.62.